The van der Waals surface area contributed by atoms with E-state index < -0.39 is 5.60 Å². The largest absolute Gasteiger partial charge is 0.378 e. The fourth-order valence-corrected chi connectivity index (χ4v) is 2.17. The van der Waals surface area contributed by atoms with Crippen molar-refractivity contribution >= 4 is 5.71 Å². The number of aliphatic hydroxyl groups is 1. The first-order valence-corrected chi connectivity index (χ1v) is 6.17. The summed E-state index contributed by atoms with van der Waals surface area (Å²) >= 11 is 0. The molecule has 0 spiro atoms. The van der Waals surface area contributed by atoms with Crippen LogP contribution in [0.5, 0.6) is 0 Å². The van der Waals surface area contributed by atoms with Gasteiger partial charge in [-0.15, -0.1) is 0 Å². The van der Waals surface area contributed by atoms with Crippen LogP contribution in [-0.4, -0.2) is 35.6 Å². The van der Waals surface area contributed by atoms with Gasteiger partial charge in [-0.2, -0.15) is 5.10 Å². The molecule has 0 bridgehead atoms. The highest BCUT2D eigenvalue weighted by atomic mass is 16.3. The van der Waals surface area contributed by atoms with Crippen molar-refractivity contribution in [3.8, 4) is 11.8 Å². The molecule has 0 aromatic rings. The molecule has 3 atom stereocenters. The molecule has 96 valence electrons. The smallest absolute Gasteiger partial charge is 0.139 e. The number of hydrazone groups is 1. The summed E-state index contributed by atoms with van der Waals surface area (Å²) in [6.45, 7) is 9.54. The molecule has 4 heteroatoms. The summed E-state index contributed by atoms with van der Waals surface area (Å²) < 4.78 is 0. The summed E-state index contributed by atoms with van der Waals surface area (Å²) in [5.74, 6) is 11.7. The molecule has 1 fully saturated rings. The number of rotatable bonds is 1. The second-order valence-corrected chi connectivity index (χ2v) is 5.53. The molecule has 0 saturated carbocycles. The maximum atomic E-state index is 9.53. The van der Waals surface area contributed by atoms with Gasteiger partial charge in [0.15, 0.2) is 0 Å². The van der Waals surface area contributed by atoms with Gasteiger partial charge in [-0.05, 0) is 26.7 Å². The fourth-order valence-electron chi connectivity index (χ4n) is 2.17. The van der Waals surface area contributed by atoms with E-state index in [4.69, 9.17) is 5.84 Å². The third-order valence-electron chi connectivity index (χ3n) is 3.23. The van der Waals surface area contributed by atoms with Crippen molar-refractivity contribution in [3.05, 3.63) is 0 Å². The lowest BCUT2D eigenvalue weighted by molar-refractivity contribution is -0.920. The Balaban J connectivity index is 2.58. The van der Waals surface area contributed by atoms with E-state index in [-0.39, 0.29) is 0 Å². The number of nitrogens with one attached hydrogen (secondary N) is 1. The molecule has 0 amide bonds. The highest BCUT2D eigenvalue weighted by molar-refractivity contribution is 5.87. The summed E-state index contributed by atoms with van der Waals surface area (Å²) in [7, 11) is 0. The predicted molar refractivity (Wildman–Crippen MR) is 69.6 cm³/mol. The topological polar surface area (TPSA) is 63.0 Å². The maximum Gasteiger partial charge on any atom is 0.139 e. The van der Waals surface area contributed by atoms with Crippen LogP contribution in [0.25, 0.3) is 0 Å². The van der Waals surface area contributed by atoms with Crippen molar-refractivity contribution in [1.29, 1.82) is 0 Å². The van der Waals surface area contributed by atoms with Crippen LogP contribution in [0.3, 0.4) is 0 Å². The Morgan fingerprint density at radius 3 is 2.71 bits per heavy atom. The number of hydrogen-bond donors (Lipinski definition) is 3. The van der Waals surface area contributed by atoms with Gasteiger partial charge < -0.3 is 15.8 Å². The molecule has 4 N–H and O–H groups in total. The Bertz CT molecular complexity index is 346. The molecule has 1 aliphatic heterocycles. The third-order valence-corrected chi connectivity index (χ3v) is 3.23. The number of nitrogens with zero attached hydrogens (tertiary/aromatic N) is 1. The third kappa shape index (κ3) is 4.37. The molecule has 4 nitrogen and oxygen atoms in total. The SMILES string of the molecule is C[C@H]1C[NH+](CC#CC(C)(C)O)[C@@H](C)C/C1=N\N. The first-order chi connectivity index (χ1) is 7.83. The van der Waals surface area contributed by atoms with Crippen molar-refractivity contribution in [2.45, 2.75) is 45.8 Å². The molecular formula is C13H24N3O+. The quantitative estimate of drug-likeness (QED) is 0.324. The van der Waals surface area contributed by atoms with Gasteiger partial charge in [0.05, 0.1) is 18.3 Å². The molecule has 0 aromatic carbocycles. The summed E-state index contributed by atoms with van der Waals surface area (Å²) in [6.07, 6.45) is 0.942. The van der Waals surface area contributed by atoms with Crippen molar-refractivity contribution in [2.75, 3.05) is 13.1 Å². The zero-order valence-corrected chi connectivity index (χ0v) is 11.2. The summed E-state index contributed by atoms with van der Waals surface area (Å²) in [5, 5.41) is 13.4. The van der Waals surface area contributed by atoms with Gasteiger partial charge in [0.1, 0.15) is 12.1 Å². The molecule has 1 rings (SSSR count). The number of hydrogen-bond acceptors (Lipinski definition) is 3. The van der Waals surface area contributed by atoms with E-state index in [9.17, 15) is 5.11 Å². The van der Waals surface area contributed by atoms with E-state index in [0.29, 0.717) is 12.0 Å². The Hall–Kier alpha value is -1.05. The average molecular weight is 238 g/mol. The second kappa shape index (κ2) is 5.52. The van der Waals surface area contributed by atoms with Crippen molar-refractivity contribution in [3.63, 3.8) is 0 Å². The standard InChI is InChI=1S/C13H23N3O/c1-10-9-16(7-5-6-13(3,4)17)11(2)8-12(10)15-14/h10-11,17H,7-9,14H2,1-4H3/p+1/b15-12+/t10-,11-/m0/s1. The van der Waals surface area contributed by atoms with E-state index >= 15 is 0 Å². The van der Waals surface area contributed by atoms with E-state index in [1.165, 1.54) is 4.90 Å². The van der Waals surface area contributed by atoms with Crippen LogP contribution in [0, 0.1) is 17.8 Å². The summed E-state index contributed by atoms with van der Waals surface area (Å²) in [6, 6.07) is 0.490. The van der Waals surface area contributed by atoms with Crippen LogP contribution in [0.15, 0.2) is 5.10 Å². The van der Waals surface area contributed by atoms with Crippen LogP contribution in [-0.2, 0) is 0 Å². The van der Waals surface area contributed by atoms with E-state index in [1.807, 2.05) is 0 Å². The van der Waals surface area contributed by atoms with Gasteiger partial charge in [-0.25, -0.2) is 0 Å². The molecule has 1 saturated heterocycles. The van der Waals surface area contributed by atoms with Crippen molar-refractivity contribution in [2.24, 2.45) is 16.9 Å². The molecular weight excluding hydrogens is 214 g/mol. The normalized spacial score (nSPS) is 32.1. The highest BCUT2D eigenvalue weighted by Crippen LogP contribution is 2.07. The summed E-state index contributed by atoms with van der Waals surface area (Å²) in [4.78, 5) is 1.45. The lowest BCUT2D eigenvalue weighted by Crippen LogP contribution is -3.17. The van der Waals surface area contributed by atoms with Crippen LogP contribution in [0.2, 0.25) is 0 Å². The second-order valence-electron chi connectivity index (χ2n) is 5.53. The molecule has 0 aromatic heterocycles. The van der Waals surface area contributed by atoms with E-state index in [2.05, 4.69) is 30.8 Å². The first-order valence-electron chi connectivity index (χ1n) is 6.17. The predicted octanol–water partition coefficient (Wildman–Crippen LogP) is -0.611. The lowest BCUT2D eigenvalue weighted by Gasteiger charge is -2.33. The van der Waals surface area contributed by atoms with Gasteiger partial charge >= 0.3 is 0 Å². The fraction of sp³-hybridized carbons (Fsp3) is 0.769. The molecule has 1 unspecified atom stereocenters. The van der Waals surface area contributed by atoms with Gasteiger partial charge in [0, 0.05) is 12.3 Å². The maximum absolute atomic E-state index is 9.53. The first kappa shape index (κ1) is 14.0. The van der Waals surface area contributed by atoms with E-state index in [0.717, 1.165) is 25.2 Å². The number of nitrogens with two attached hydrogens (primary N) is 1. The van der Waals surface area contributed by atoms with Crippen LogP contribution in [0.1, 0.15) is 34.1 Å². The Morgan fingerprint density at radius 1 is 1.53 bits per heavy atom. The molecule has 1 aliphatic rings. The van der Waals surface area contributed by atoms with Gasteiger partial charge in [-0.3, -0.25) is 0 Å². The molecule has 0 radical (unpaired) electrons. The van der Waals surface area contributed by atoms with Gasteiger partial charge in [0.2, 0.25) is 0 Å². The number of quaternary nitrogens is 1. The van der Waals surface area contributed by atoms with Gasteiger partial charge in [-0.1, -0.05) is 12.8 Å². The molecule has 0 aliphatic carbocycles. The Morgan fingerprint density at radius 2 is 2.18 bits per heavy atom. The highest BCUT2D eigenvalue weighted by Gasteiger charge is 2.30. The number of likely N-dealkylation sites (tertiary alicyclic amines) is 1. The van der Waals surface area contributed by atoms with Gasteiger partial charge in [0.25, 0.3) is 0 Å². The van der Waals surface area contributed by atoms with Crippen LogP contribution in [0.4, 0.5) is 0 Å². The van der Waals surface area contributed by atoms with Crippen LogP contribution < -0.4 is 10.7 Å². The van der Waals surface area contributed by atoms with Crippen molar-refractivity contribution < 1.29 is 10.0 Å². The minimum atomic E-state index is -0.895. The monoisotopic (exact) mass is 238 g/mol. The van der Waals surface area contributed by atoms with Crippen LogP contribution >= 0.6 is 0 Å². The Labute approximate surface area is 104 Å². The Kier molecular flexibility index (Phi) is 4.55. The summed E-state index contributed by atoms with van der Waals surface area (Å²) in [5.41, 5.74) is 0.213. The zero-order valence-electron chi connectivity index (χ0n) is 11.2. The van der Waals surface area contributed by atoms with Crippen molar-refractivity contribution in [1.82, 2.24) is 0 Å². The zero-order chi connectivity index (χ0) is 13.1. The average Bonchev–Trinajstić information content (AvgIpc) is 2.20. The lowest BCUT2D eigenvalue weighted by atomic mass is 9.93. The molecule has 1 heterocycles. The minimum absolute atomic E-state index is 0.426. The minimum Gasteiger partial charge on any atom is -0.378 e. The number of piperidine rings is 1. The van der Waals surface area contributed by atoms with E-state index in [1.54, 1.807) is 13.8 Å². The molecule has 17 heavy (non-hydrogen) atoms.